The molecular formula is C22H18N4O3S2. The minimum atomic E-state index is -0.290. The molecule has 5 rings (SSSR count). The van der Waals surface area contributed by atoms with Crippen molar-refractivity contribution >= 4 is 54.7 Å². The molecule has 0 aliphatic carbocycles. The predicted molar refractivity (Wildman–Crippen MR) is 124 cm³/mol. The average molecular weight is 451 g/mol. The highest BCUT2D eigenvalue weighted by molar-refractivity contribution is 7.21. The second-order valence-electron chi connectivity index (χ2n) is 6.82. The van der Waals surface area contributed by atoms with E-state index in [1.165, 1.54) is 0 Å². The van der Waals surface area contributed by atoms with E-state index in [2.05, 4.69) is 20.5 Å². The Kier molecular flexibility index (Phi) is 5.05. The number of H-pyrrole nitrogens is 1. The van der Waals surface area contributed by atoms with Crippen molar-refractivity contribution in [2.24, 2.45) is 0 Å². The second-order valence-corrected chi connectivity index (χ2v) is 8.97. The molecule has 0 aliphatic heterocycles. The lowest BCUT2D eigenvalue weighted by Gasteiger charge is -2.08. The monoisotopic (exact) mass is 450 g/mol. The van der Waals surface area contributed by atoms with Gasteiger partial charge in [-0.05, 0) is 30.5 Å². The van der Waals surface area contributed by atoms with E-state index < -0.39 is 0 Å². The number of aryl methyl sites for hydroxylation is 1. The summed E-state index contributed by atoms with van der Waals surface area (Å²) in [6.45, 7) is 1.87. The van der Waals surface area contributed by atoms with Gasteiger partial charge < -0.3 is 14.8 Å². The van der Waals surface area contributed by atoms with Crippen LogP contribution in [-0.4, -0.2) is 34.8 Å². The maximum atomic E-state index is 12.5. The third-order valence-corrected chi connectivity index (χ3v) is 6.61. The summed E-state index contributed by atoms with van der Waals surface area (Å²) in [6, 6.07) is 13.3. The highest BCUT2D eigenvalue weighted by Gasteiger charge is 2.15. The van der Waals surface area contributed by atoms with Gasteiger partial charge in [0.1, 0.15) is 11.5 Å². The molecular weight excluding hydrogens is 432 g/mol. The number of nitrogens with zero attached hydrogens (tertiary/aromatic N) is 2. The van der Waals surface area contributed by atoms with Crippen molar-refractivity contribution in [2.45, 2.75) is 6.92 Å². The number of hydrogen-bond acceptors (Lipinski definition) is 7. The summed E-state index contributed by atoms with van der Waals surface area (Å²) >= 11 is 3.24. The first-order chi connectivity index (χ1) is 15.1. The van der Waals surface area contributed by atoms with Gasteiger partial charge >= 0.3 is 0 Å². The SMILES string of the molecule is COc1ccccc1-c1cc(NC(=O)COc2cc3sc(C)nc3c3sccc23)n[nH]1. The number of rotatable bonds is 6. The number of anilines is 1. The van der Waals surface area contributed by atoms with Crippen LogP contribution in [0.1, 0.15) is 5.01 Å². The summed E-state index contributed by atoms with van der Waals surface area (Å²) in [5, 5.41) is 13.9. The summed E-state index contributed by atoms with van der Waals surface area (Å²) in [5.74, 6) is 1.53. The van der Waals surface area contributed by atoms with Crippen LogP contribution >= 0.6 is 22.7 Å². The zero-order chi connectivity index (χ0) is 21.4. The molecule has 7 nitrogen and oxygen atoms in total. The number of aromatic nitrogens is 3. The quantitative estimate of drug-likeness (QED) is 0.369. The molecule has 0 radical (unpaired) electrons. The summed E-state index contributed by atoms with van der Waals surface area (Å²) in [7, 11) is 1.62. The van der Waals surface area contributed by atoms with Crippen LogP contribution in [0.3, 0.4) is 0 Å². The predicted octanol–water partition coefficient (Wildman–Crippen LogP) is 5.24. The molecule has 9 heteroatoms. The Labute approximate surface area is 185 Å². The molecule has 2 aromatic carbocycles. The standard InChI is InChI=1S/C22H18N4O3S2/c1-12-23-21-18(31-12)10-17(14-7-8-30-22(14)21)29-11-20(27)24-19-9-15(25-26-19)13-5-3-4-6-16(13)28-2/h3-10H,11H2,1-2H3,(H2,24,25,26,27). The van der Waals surface area contributed by atoms with Gasteiger partial charge in [-0.3, -0.25) is 9.89 Å². The number of thiophene rings is 1. The Bertz CT molecular complexity index is 1400. The second kappa shape index (κ2) is 8.01. The maximum Gasteiger partial charge on any atom is 0.263 e. The molecule has 0 aliphatic rings. The Morgan fingerprint density at radius 3 is 2.94 bits per heavy atom. The number of carbonyl (C=O) groups excluding carboxylic acids is 1. The van der Waals surface area contributed by atoms with Crippen LogP contribution in [0, 0.1) is 6.92 Å². The van der Waals surface area contributed by atoms with Crippen LogP contribution in [0.15, 0.2) is 47.8 Å². The van der Waals surface area contributed by atoms with Crippen molar-refractivity contribution in [3.8, 4) is 22.8 Å². The van der Waals surface area contributed by atoms with Gasteiger partial charge in [0.15, 0.2) is 12.4 Å². The van der Waals surface area contributed by atoms with Crippen molar-refractivity contribution in [2.75, 3.05) is 19.0 Å². The topological polar surface area (TPSA) is 89.1 Å². The number of nitrogens with one attached hydrogen (secondary N) is 2. The van der Waals surface area contributed by atoms with Crippen LogP contribution in [-0.2, 0) is 4.79 Å². The van der Waals surface area contributed by atoms with Crippen LogP contribution in [0.5, 0.6) is 11.5 Å². The number of amides is 1. The smallest absolute Gasteiger partial charge is 0.263 e. The van der Waals surface area contributed by atoms with Gasteiger partial charge in [0.2, 0.25) is 0 Å². The van der Waals surface area contributed by atoms with Crippen molar-refractivity contribution in [3.63, 3.8) is 0 Å². The lowest BCUT2D eigenvalue weighted by molar-refractivity contribution is -0.118. The molecule has 1 amide bonds. The van der Waals surface area contributed by atoms with Crippen molar-refractivity contribution < 1.29 is 14.3 Å². The fourth-order valence-electron chi connectivity index (χ4n) is 3.42. The fourth-order valence-corrected chi connectivity index (χ4v) is 5.25. The zero-order valence-corrected chi connectivity index (χ0v) is 18.4. The van der Waals surface area contributed by atoms with E-state index in [1.807, 2.05) is 48.7 Å². The molecule has 0 unspecified atom stereocenters. The van der Waals surface area contributed by atoms with Crippen LogP contribution < -0.4 is 14.8 Å². The highest BCUT2D eigenvalue weighted by Crippen LogP contribution is 2.38. The Morgan fingerprint density at radius 2 is 2.06 bits per heavy atom. The van der Waals surface area contributed by atoms with E-state index in [-0.39, 0.29) is 12.5 Å². The molecule has 0 fully saturated rings. The van der Waals surface area contributed by atoms with Gasteiger partial charge in [0.05, 0.1) is 32.7 Å². The number of aromatic amines is 1. The summed E-state index contributed by atoms with van der Waals surface area (Å²) in [5.41, 5.74) is 2.60. The van der Waals surface area contributed by atoms with Crippen molar-refractivity contribution in [1.29, 1.82) is 0 Å². The number of ether oxygens (including phenoxy) is 2. The Morgan fingerprint density at radius 1 is 1.19 bits per heavy atom. The Hall–Kier alpha value is -3.43. The van der Waals surface area contributed by atoms with Gasteiger partial charge in [0.25, 0.3) is 5.91 Å². The molecule has 0 atom stereocenters. The Balaban J connectivity index is 1.31. The number of carbonyl (C=O) groups is 1. The third-order valence-electron chi connectivity index (χ3n) is 4.77. The van der Waals surface area contributed by atoms with E-state index in [1.54, 1.807) is 35.8 Å². The van der Waals surface area contributed by atoms with E-state index in [0.717, 1.165) is 42.3 Å². The van der Waals surface area contributed by atoms with Crippen LogP contribution in [0.4, 0.5) is 5.82 Å². The van der Waals surface area contributed by atoms with Gasteiger partial charge in [-0.2, -0.15) is 5.10 Å². The van der Waals surface area contributed by atoms with E-state index >= 15 is 0 Å². The van der Waals surface area contributed by atoms with Gasteiger partial charge in [-0.1, -0.05) is 12.1 Å². The number of fused-ring (bicyclic) bond motifs is 3. The molecule has 31 heavy (non-hydrogen) atoms. The number of hydrogen-bond donors (Lipinski definition) is 2. The summed E-state index contributed by atoms with van der Waals surface area (Å²) in [4.78, 5) is 17.1. The average Bonchev–Trinajstić information content (AvgIpc) is 3.51. The number of thiazole rings is 1. The minimum absolute atomic E-state index is 0.120. The first kappa shape index (κ1) is 19.5. The first-order valence-corrected chi connectivity index (χ1v) is 11.2. The van der Waals surface area contributed by atoms with E-state index in [0.29, 0.717) is 11.6 Å². The highest BCUT2D eigenvalue weighted by atomic mass is 32.1. The molecule has 0 spiro atoms. The fraction of sp³-hybridized carbons (Fsp3) is 0.136. The van der Waals surface area contributed by atoms with Gasteiger partial charge in [-0.25, -0.2) is 4.98 Å². The van der Waals surface area contributed by atoms with Crippen LogP contribution in [0.2, 0.25) is 0 Å². The number of benzene rings is 2. The first-order valence-electron chi connectivity index (χ1n) is 9.51. The maximum absolute atomic E-state index is 12.5. The minimum Gasteiger partial charge on any atom is -0.496 e. The van der Waals surface area contributed by atoms with Crippen molar-refractivity contribution in [1.82, 2.24) is 15.2 Å². The lowest BCUT2D eigenvalue weighted by Crippen LogP contribution is -2.20. The molecule has 0 saturated carbocycles. The molecule has 0 saturated heterocycles. The molecule has 0 bridgehead atoms. The van der Waals surface area contributed by atoms with Gasteiger partial charge in [0, 0.05) is 23.1 Å². The molecule has 3 heterocycles. The number of para-hydroxylation sites is 1. The van der Waals surface area contributed by atoms with Gasteiger partial charge in [-0.15, -0.1) is 22.7 Å². The molecule has 5 aromatic rings. The number of methoxy groups -OCH3 is 1. The summed E-state index contributed by atoms with van der Waals surface area (Å²) in [6.07, 6.45) is 0. The summed E-state index contributed by atoms with van der Waals surface area (Å²) < 4.78 is 13.4. The van der Waals surface area contributed by atoms with Crippen LogP contribution in [0.25, 0.3) is 31.6 Å². The third kappa shape index (κ3) is 3.73. The zero-order valence-electron chi connectivity index (χ0n) is 16.8. The largest absolute Gasteiger partial charge is 0.496 e. The van der Waals surface area contributed by atoms with E-state index in [4.69, 9.17) is 9.47 Å². The molecule has 3 aromatic heterocycles. The lowest BCUT2D eigenvalue weighted by atomic mass is 10.1. The molecule has 156 valence electrons. The van der Waals surface area contributed by atoms with Crippen molar-refractivity contribution in [3.05, 3.63) is 52.9 Å². The normalized spacial score (nSPS) is 11.2. The van der Waals surface area contributed by atoms with E-state index in [9.17, 15) is 4.79 Å². The molecule has 2 N–H and O–H groups in total.